The number of carbonyl (C=O) groups is 2. The first kappa shape index (κ1) is 22.5. The molecule has 1 aromatic carbocycles. The van der Waals surface area contributed by atoms with Crippen molar-refractivity contribution < 1.29 is 9.59 Å². The van der Waals surface area contributed by atoms with Crippen LogP contribution in [0.25, 0.3) is 5.69 Å². The molecule has 1 atom stereocenters. The van der Waals surface area contributed by atoms with Crippen LogP contribution in [0.15, 0.2) is 35.1 Å². The van der Waals surface area contributed by atoms with Gasteiger partial charge >= 0.3 is 0 Å². The van der Waals surface area contributed by atoms with Gasteiger partial charge in [-0.1, -0.05) is 32.0 Å². The minimum atomic E-state index is -0.684. The van der Waals surface area contributed by atoms with Crippen LogP contribution in [0.4, 0.5) is 5.69 Å². The molecule has 0 bridgehead atoms. The maximum Gasteiger partial charge on any atom is 0.295 e. The first-order chi connectivity index (χ1) is 12.2. The number of rotatable bonds is 6. The SMILES string of the molecule is Cc1c(NC(=O)CNC(=O)[C@@H](N)C(C)C)c(=O)n(-c2ccccc2)n1C.Cl. The first-order valence-electron chi connectivity index (χ1n) is 8.41. The molecule has 1 heterocycles. The van der Waals surface area contributed by atoms with Crippen molar-refractivity contribution in [2.24, 2.45) is 18.7 Å². The number of nitrogens with zero attached hydrogens (tertiary/aromatic N) is 2. The second kappa shape index (κ2) is 9.38. The molecule has 148 valence electrons. The number of hydrogen-bond donors (Lipinski definition) is 3. The van der Waals surface area contributed by atoms with Gasteiger partial charge in [0.05, 0.1) is 24.0 Å². The topological polar surface area (TPSA) is 111 Å². The number of carbonyl (C=O) groups excluding carboxylic acids is 2. The quantitative estimate of drug-likeness (QED) is 0.675. The summed E-state index contributed by atoms with van der Waals surface area (Å²) >= 11 is 0. The smallest absolute Gasteiger partial charge is 0.295 e. The predicted molar refractivity (Wildman–Crippen MR) is 107 cm³/mol. The molecule has 0 aliphatic heterocycles. The van der Waals surface area contributed by atoms with Gasteiger partial charge in [-0.15, -0.1) is 12.4 Å². The second-order valence-electron chi connectivity index (χ2n) is 6.47. The standard InChI is InChI=1S/C18H25N5O3.ClH/c1-11(2)15(19)17(25)20-10-14(24)21-16-12(3)22(4)23(18(16)26)13-8-6-5-7-9-13;/h5-9,11,15H,10,19H2,1-4H3,(H,20,25)(H,21,24);1H/t15-;/m0./s1. The van der Waals surface area contributed by atoms with Crippen LogP contribution in [-0.2, 0) is 16.6 Å². The van der Waals surface area contributed by atoms with Crippen LogP contribution in [0.2, 0.25) is 0 Å². The van der Waals surface area contributed by atoms with Gasteiger partial charge in [0, 0.05) is 7.05 Å². The average molecular weight is 396 g/mol. The third-order valence-electron chi connectivity index (χ3n) is 4.26. The van der Waals surface area contributed by atoms with Crippen molar-refractivity contribution >= 4 is 29.9 Å². The molecule has 0 saturated heterocycles. The van der Waals surface area contributed by atoms with Gasteiger partial charge in [-0.05, 0) is 25.0 Å². The summed E-state index contributed by atoms with van der Waals surface area (Å²) in [4.78, 5) is 36.7. The maximum absolute atomic E-state index is 12.7. The Morgan fingerprint density at radius 2 is 1.78 bits per heavy atom. The van der Waals surface area contributed by atoms with Crippen molar-refractivity contribution in [2.75, 3.05) is 11.9 Å². The van der Waals surface area contributed by atoms with Crippen LogP contribution in [0.3, 0.4) is 0 Å². The van der Waals surface area contributed by atoms with Crippen LogP contribution >= 0.6 is 12.4 Å². The molecular weight excluding hydrogens is 370 g/mol. The molecule has 0 unspecified atom stereocenters. The molecule has 0 aliphatic carbocycles. The first-order valence-corrected chi connectivity index (χ1v) is 8.41. The highest BCUT2D eigenvalue weighted by molar-refractivity contribution is 5.95. The lowest BCUT2D eigenvalue weighted by Crippen LogP contribution is -2.46. The lowest BCUT2D eigenvalue weighted by Gasteiger charge is -2.14. The Labute approximate surface area is 164 Å². The summed E-state index contributed by atoms with van der Waals surface area (Å²) in [5, 5.41) is 5.07. The third kappa shape index (κ3) is 4.99. The zero-order chi connectivity index (χ0) is 19.4. The van der Waals surface area contributed by atoms with Crippen LogP contribution in [0.1, 0.15) is 19.5 Å². The highest BCUT2D eigenvalue weighted by Gasteiger charge is 2.20. The van der Waals surface area contributed by atoms with E-state index in [0.717, 1.165) is 0 Å². The van der Waals surface area contributed by atoms with Gasteiger partial charge in [0.2, 0.25) is 11.8 Å². The van der Waals surface area contributed by atoms with E-state index in [2.05, 4.69) is 10.6 Å². The fourth-order valence-electron chi connectivity index (χ4n) is 2.48. The van der Waals surface area contributed by atoms with Crippen molar-refractivity contribution in [2.45, 2.75) is 26.8 Å². The van der Waals surface area contributed by atoms with E-state index in [4.69, 9.17) is 5.73 Å². The van der Waals surface area contributed by atoms with E-state index >= 15 is 0 Å². The van der Waals surface area contributed by atoms with E-state index in [-0.39, 0.29) is 36.1 Å². The highest BCUT2D eigenvalue weighted by Crippen LogP contribution is 2.13. The number of hydrogen-bond acceptors (Lipinski definition) is 4. The molecule has 4 N–H and O–H groups in total. The Balaban J connectivity index is 0.00000364. The number of nitrogens with two attached hydrogens (primary N) is 1. The number of halogens is 1. The number of benzene rings is 1. The molecular formula is C18H26ClN5O3. The van der Waals surface area contributed by atoms with Crippen LogP contribution < -0.4 is 21.9 Å². The third-order valence-corrected chi connectivity index (χ3v) is 4.26. The molecule has 0 aliphatic rings. The molecule has 8 nitrogen and oxygen atoms in total. The molecule has 0 spiro atoms. The number of aromatic nitrogens is 2. The molecule has 27 heavy (non-hydrogen) atoms. The fourth-order valence-corrected chi connectivity index (χ4v) is 2.48. The van der Waals surface area contributed by atoms with Crippen molar-refractivity contribution in [3.05, 3.63) is 46.4 Å². The average Bonchev–Trinajstić information content (AvgIpc) is 2.83. The number of nitrogens with one attached hydrogen (secondary N) is 2. The van der Waals surface area contributed by atoms with Gasteiger partial charge in [0.25, 0.3) is 5.56 Å². The van der Waals surface area contributed by atoms with E-state index in [0.29, 0.717) is 11.4 Å². The largest absolute Gasteiger partial charge is 0.346 e. The van der Waals surface area contributed by atoms with Crippen molar-refractivity contribution in [1.29, 1.82) is 0 Å². The van der Waals surface area contributed by atoms with E-state index in [1.165, 1.54) is 4.68 Å². The summed E-state index contributed by atoms with van der Waals surface area (Å²) in [7, 11) is 1.74. The molecule has 2 amide bonds. The normalized spacial score (nSPS) is 11.6. The molecule has 2 aromatic rings. The van der Waals surface area contributed by atoms with Gasteiger partial charge in [0.1, 0.15) is 5.69 Å². The molecule has 0 saturated carbocycles. The molecule has 1 aromatic heterocycles. The molecule has 0 radical (unpaired) electrons. The molecule has 9 heteroatoms. The van der Waals surface area contributed by atoms with Crippen molar-refractivity contribution in [3.63, 3.8) is 0 Å². The summed E-state index contributed by atoms with van der Waals surface area (Å²) in [6.07, 6.45) is 0. The monoisotopic (exact) mass is 395 g/mol. The van der Waals surface area contributed by atoms with E-state index in [1.807, 2.05) is 32.0 Å². The van der Waals surface area contributed by atoms with Crippen LogP contribution in [0, 0.1) is 12.8 Å². The van der Waals surface area contributed by atoms with Gasteiger partial charge in [-0.2, -0.15) is 0 Å². The fraction of sp³-hybridized carbons (Fsp3) is 0.389. The Kier molecular flexibility index (Phi) is 7.81. The minimum absolute atomic E-state index is 0. The van der Waals surface area contributed by atoms with E-state index in [1.54, 1.807) is 30.8 Å². The summed E-state index contributed by atoms with van der Waals surface area (Å²) in [6, 6.07) is 8.44. The van der Waals surface area contributed by atoms with Gasteiger partial charge in [-0.3, -0.25) is 19.1 Å². The van der Waals surface area contributed by atoms with Gasteiger partial charge in [0.15, 0.2) is 0 Å². The second-order valence-corrected chi connectivity index (χ2v) is 6.47. The number of para-hydroxylation sites is 1. The summed E-state index contributed by atoms with van der Waals surface area (Å²) in [5.41, 5.74) is 6.88. The zero-order valence-corrected chi connectivity index (χ0v) is 16.7. The predicted octanol–water partition coefficient (Wildman–Crippen LogP) is 0.944. The lowest BCUT2D eigenvalue weighted by molar-refractivity contribution is -0.125. The Bertz CT molecular complexity index is 858. The van der Waals surface area contributed by atoms with Crippen molar-refractivity contribution in [3.8, 4) is 5.69 Å². The lowest BCUT2D eigenvalue weighted by atomic mass is 10.1. The molecule has 0 fully saturated rings. The summed E-state index contributed by atoms with van der Waals surface area (Å²) in [6.45, 7) is 5.13. The molecule has 2 rings (SSSR count). The summed E-state index contributed by atoms with van der Waals surface area (Å²) in [5.74, 6) is -0.922. The highest BCUT2D eigenvalue weighted by atomic mass is 35.5. The Hall–Kier alpha value is -2.58. The Morgan fingerprint density at radius 1 is 1.19 bits per heavy atom. The van der Waals surface area contributed by atoms with Crippen molar-refractivity contribution in [1.82, 2.24) is 14.7 Å². The van der Waals surface area contributed by atoms with Gasteiger partial charge < -0.3 is 16.4 Å². The Morgan fingerprint density at radius 3 is 2.33 bits per heavy atom. The minimum Gasteiger partial charge on any atom is -0.346 e. The maximum atomic E-state index is 12.7. The summed E-state index contributed by atoms with van der Waals surface area (Å²) < 4.78 is 3.14. The number of anilines is 1. The van der Waals surface area contributed by atoms with Crippen LogP contribution in [0.5, 0.6) is 0 Å². The van der Waals surface area contributed by atoms with E-state index in [9.17, 15) is 14.4 Å². The van der Waals surface area contributed by atoms with Crippen LogP contribution in [-0.4, -0.2) is 33.8 Å². The zero-order valence-electron chi connectivity index (χ0n) is 15.9. The number of amides is 2. The van der Waals surface area contributed by atoms with E-state index < -0.39 is 17.9 Å². The van der Waals surface area contributed by atoms with Gasteiger partial charge in [-0.25, -0.2) is 4.68 Å².